The Hall–Kier alpha value is -3.41. The molecule has 0 amide bonds. The number of allylic oxidation sites excluding steroid dienone is 14. The molecule has 0 bridgehead atoms. The molecule has 0 rings (SSSR count). The Labute approximate surface area is 401 Å². The van der Waals surface area contributed by atoms with Crippen molar-refractivity contribution in [2.45, 2.75) is 258 Å². The van der Waals surface area contributed by atoms with E-state index in [-0.39, 0.29) is 44.0 Å². The summed E-state index contributed by atoms with van der Waals surface area (Å²) in [6.07, 6.45) is 68.7. The minimum Gasteiger partial charge on any atom is -0.462 e. The molecule has 0 fully saturated rings. The smallest absolute Gasteiger partial charge is 0.306 e. The lowest BCUT2D eigenvalue weighted by atomic mass is 10.1. The largest absolute Gasteiger partial charge is 0.462 e. The van der Waals surface area contributed by atoms with Crippen molar-refractivity contribution in [3.8, 4) is 0 Å². The van der Waals surface area contributed by atoms with Gasteiger partial charge in [0.05, 0.1) is 0 Å². The Morgan fingerprint density at radius 1 is 0.308 bits per heavy atom. The number of hydrogen-bond donors (Lipinski definition) is 0. The minimum absolute atomic E-state index is 0.120. The van der Waals surface area contributed by atoms with E-state index in [9.17, 15) is 14.4 Å². The van der Waals surface area contributed by atoms with Gasteiger partial charge in [-0.3, -0.25) is 14.4 Å². The fraction of sp³-hybridized carbons (Fsp3) is 0.712. The summed E-state index contributed by atoms with van der Waals surface area (Å²) in [7, 11) is 0. The molecule has 6 heteroatoms. The van der Waals surface area contributed by atoms with Crippen LogP contribution in [0, 0.1) is 0 Å². The lowest BCUT2D eigenvalue weighted by molar-refractivity contribution is -0.167. The van der Waals surface area contributed by atoms with Crippen molar-refractivity contribution in [1.29, 1.82) is 0 Å². The standard InChI is InChI=1S/C59H100O6/c1-4-7-10-13-16-19-22-25-27-29-31-34-37-40-43-46-49-52-58(61)64-55-56(54-63-57(60)51-48-45-42-39-36-33-24-21-18-15-12-9-6-3)65-59(62)53-50-47-44-41-38-35-32-30-28-26-23-20-17-14-11-8-5-2/h25-28,31-36,40-41,43-44,56H,4-24,29-30,37-39,42,45-55H2,1-3H3/b27-25-,28-26-,34-31-,35-32-,36-33-,43-40-,44-41-. The molecule has 1 atom stereocenters. The topological polar surface area (TPSA) is 78.9 Å². The van der Waals surface area contributed by atoms with Gasteiger partial charge >= 0.3 is 17.9 Å². The average molecular weight is 905 g/mol. The van der Waals surface area contributed by atoms with Gasteiger partial charge in [-0.2, -0.15) is 0 Å². The highest BCUT2D eigenvalue weighted by atomic mass is 16.6. The van der Waals surface area contributed by atoms with Gasteiger partial charge in [0.25, 0.3) is 0 Å². The summed E-state index contributed by atoms with van der Waals surface area (Å²) < 4.78 is 16.7. The van der Waals surface area contributed by atoms with Gasteiger partial charge in [0, 0.05) is 19.3 Å². The van der Waals surface area contributed by atoms with Crippen molar-refractivity contribution in [2.75, 3.05) is 13.2 Å². The van der Waals surface area contributed by atoms with Crippen LogP contribution < -0.4 is 0 Å². The summed E-state index contributed by atoms with van der Waals surface area (Å²) in [5.41, 5.74) is 0. The van der Waals surface area contributed by atoms with Crippen molar-refractivity contribution in [3.63, 3.8) is 0 Å². The average Bonchev–Trinajstić information content (AvgIpc) is 3.30. The van der Waals surface area contributed by atoms with Crippen molar-refractivity contribution >= 4 is 17.9 Å². The van der Waals surface area contributed by atoms with Crippen LogP contribution >= 0.6 is 0 Å². The first-order valence-corrected chi connectivity index (χ1v) is 27.1. The Kier molecular flexibility index (Phi) is 50.4. The predicted octanol–water partition coefficient (Wildman–Crippen LogP) is 18.0. The molecule has 372 valence electrons. The highest BCUT2D eigenvalue weighted by Gasteiger charge is 2.19. The number of carbonyl (C=O) groups is 3. The molecule has 0 aliphatic rings. The van der Waals surface area contributed by atoms with Crippen LogP contribution in [-0.2, 0) is 28.6 Å². The first-order chi connectivity index (χ1) is 32.0. The van der Waals surface area contributed by atoms with Crippen LogP contribution in [0.5, 0.6) is 0 Å². The Morgan fingerprint density at radius 2 is 0.569 bits per heavy atom. The Balaban J connectivity index is 4.56. The van der Waals surface area contributed by atoms with Crippen molar-refractivity contribution in [2.24, 2.45) is 0 Å². The number of unbranched alkanes of at least 4 members (excludes halogenated alkanes) is 23. The van der Waals surface area contributed by atoms with Gasteiger partial charge in [0.2, 0.25) is 0 Å². The Morgan fingerprint density at radius 3 is 0.938 bits per heavy atom. The third-order valence-corrected chi connectivity index (χ3v) is 11.3. The second kappa shape index (κ2) is 53.2. The van der Waals surface area contributed by atoms with E-state index in [1.807, 2.05) is 0 Å². The first-order valence-electron chi connectivity index (χ1n) is 27.1. The van der Waals surface area contributed by atoms with Crippen LogP contribution in [0.2, 0.25) is 0 Å². The number of esters is 3. The molecule has 65 heavy (non-hydrogen) atoms. The van der Waals surface area contributed by atoms with Gasteiger partial charge in [0.1, 0.15) is 13.2 Å². The van der Waals surface area contributed by atoms with Crippen molar-refractivity contribution < 1.29 is 28.6 Å². The predicted molar refractivity (Wildman–Crippen MR) is 279 cm³/mol. The molecule has 0 saturated heterocycles. The second-order valence-electron chi connectivity index (χ2n) is 17.8. The fourth-order valence-electron chi connectivity index (χ4n) is 7.23. The van der Waals surface area contributed by atoms with E-state index in [4.69, 9.17) is 14.2 Å². The maximum absolute atomic E-state index is 12.8. The second-order valence-corrected chi connectivity index (χ2v) is 17.8. The monoisotopic (exact) mass is 905 g/mol. The van der Waals surface area contributed by atoms with Crippen molar-refractivity contribution in [1.82, 2.24) is 0 Å². The van der Waals surface area contributed by atoms with Crippen LogP contribution in [0.4, 0.5) is 0 Å². The normalized spacial score (nSPS) is 12.7. The molecule has 0 N–H and O–H groups in total. The number of carbonyl (C=O) groups excluding carboxylic acids is 3. The summed E-state index contributed by atoms with van der Waals surface area (Å²) in [5.74, 6) is -1.04. The van der Waals surface area contributed by atoms with E-state index >= 15 is 0 Å². The molecule has 0 radical (unpaired) electrons. The molecular formula is C59H100O6. The zero-order valence-electron chi connectivity index (χ0n) is 42.5. The highest BCUT2D eigenvalue weighted by Crippen LogP contribution is 2.12. The van der Waals surface area contributed by atoms with Gasteiger partial charge in [-0.25, -0.2) is 0 Å². The van der Waals surface area contributed by atoms with Gasteiger partial charge in [-0.05, 0) is 109 Å². The molecular weight excluding hydrogens is 805 g/mol. The Bertz CT molecular complexity index is 1270. The number of hydrogen-bond acceptors (Lipinski definition) is 6. The molecule has 0 saturated carbocycles. The number of rotatable bonds is 48. The third-order valence-electron chi connectivity index (χ3n) is 11.3. The third kappa shape index (κ3) is 51.4. The highest BCUT2D eigenvalue weighted by molar-refractivity contribution is 5.71. The lowest BCUT2D eigenvalue weighted by Gasteiger charge is -2.18. The summed E-state index contributed by atoms with van der Waals surface area (Å²) in [6, 6.07) is 0. The van der Waals surface area contributed by atoms with Crippen LogP contribution in [0.3, 0.4) is 0 Å². The van der Waals surface area contributed by atoms with Crippen LogP contribution in [0.1, 0.15) is 252 Å². The molecule has 0 aromatic rings. The van der Waals surface area contributed by atoms with E-state index in [0.29, 0.717) is 19.3 Å². The molecule has 0 aromatic heterocycles. The van der Waals surface area contributed by atoms with Crippen LogP contribution in [0.15, 0.2) is 85.1 Å². The van der Waals surface area contributed by atoms with E-state index in [2.05, 4.69) is 106 Å². The summed E-state index contributed by atoms with van der Waals surface area (Å²) >= 11 is 0. The molecule has 1 unspecified atom stereocenters. The molecule has 6 nitrogen and oxygen atoms in total. The maximum atomic E-state index is 12.8. The van der Waals surface area contributed by atoms with Gasteiger partial charge in [-0.1, -0.05) is 209 Å². The van der Waals surface area contributed by atoms with E-state index in [1.165, 1.54) is 128 Å². The molecule has 0 aliphatic heterocycles. The van der Waals surface area contributed by atoms with E-state index in [1.54, 1.807) is 0 Å². The van der Waals surface area contributed by atoms with E-state index < -0.39 is 6.10 Å². The quantitative estimate of drug-likeness (QED) is 0.0262. The fourth-order valence-corrected chi connectivity index (χ4v) is 7.23. The molecule has 0 aromatic carbocycles. The maximum Gasteiger partial charge on any atom is 0.306 e. The molecule has 0 spiro atoms. The first kappa shape index (κ1) is 61.6. The zero-order chi connectivity index (χ0) is 47.2. The summed E-state index contributed by atoms with van der Waals surface area (Å²) in [4.78, 5) is 38.0. The number of ether oxygens (including phenoxy) is 3. The lowest BCUT2D eigenvalue weighted by Crippen LogP contribution is -2.30. The van der Waals surface area contributed by atoms with Gasteiger partial charge < -0.3 is 14.2 Å². The SMILES string of the molecule is CCCCCCCC/C=C\C/C=C\C/C=C\CCCC(=O)OCC(COC(=O)CCCCC/C=C\CCCCCCCC)OC(=O)CCC/C=C\C/C=C\C/C=C\CCCCCCCC. The molecule has 0 aliphatic carbocycles. The van der Waals surface area contributed by atoms with Crippen LogP contribution in [0.25, 0.3) is 0 Å². The molecule has 0 heterocycles. The summed E-state index contributed by atoms with van der Waals surface area (Å²) in [6.45, 7) is 6.52. The van der Waals surface area contributed by atoms with Gasteiger partial charge in [-0.15, -0.1) is 0 Å². The summed E-state index contributed by atoms with van der Waals surface area (Å²) in [5, 5.41) is 0. The van der Waals surface area contributed by atoms with Gasteiger partial charge in [0.15, 0.2) is 6.10 Å². The van der Waals surface area contributed by atoms with Crippen molar-refractivity contribution in [3.05, 3.63) is 85.1 Å². The van der Waals surface area contributed by atoms with E-state index in [0.717, 1.165) is 70.6 Å². The minimum atomic E-state index is -0.829. The van der Waals surface area contributed by atoms with Crippen LogP contribution in [-0.4, -0.2) is 37.2 Å². The zero-order valence-corrected chi connectivity index (χ0v) is 42.5.